The summed E-state index contributed by atoms with van der Waals surface area (Å²) < 4.78 is 15.3. The molecule has 0 spiro atoms. The Balaban J connectivity index is 2.75. The summed E-state index contributed by atoms with van der Waals surface area (Å²) in [6.07, 6.45) is 0. The number of benzene rings is 1. The van der Waals surface area contributed by atoms with Crippen molar-refractivity contribution in [2.45, 2.75) is 19.8 Å². The lowest BCUT2D eigenvalue weighted by Gasteiger charge is -2.27. The van der Waals surface area contributed by atoms with Gasteiger partial charge in [-0.2, -0.15) is 5.26 Å². The van der Waals surface area contributed by atoms with Crippen molar-refractivity contribution < 1.29 is 23.8 Å². The minimum atomic E-state index is -1.01. The van der Waals surface area contributed by atoms with Gasteiger partial charge in [0.1, 0.15) is 17.2 Å². The molecular weight excluding hydrogens is 360 g/mol. The second-order valence-corrected chi connectivity index (χ2v) is 5.54. The Hall–Kier alpha value is -2.98. The molecule has 0 saturated heterocycles. The summed E-state index contributed by atoms with van der Waals surface area (Å²) >= 11 is 6.26. The van der Waals surface area contributed by atoms with Crippen LogP contribution >= 0.6 is 11.6 Å². The number of rotatable bonds is 5. The van der Waals surface area contributed by atoms with E-state index in [2.05, 4.69) is 0 Å². The van der Waals surface area contributed by atoms with E-state index in [1.165, 1.54) is 0 Å². The van der Waals surface area contributed by atoms with Gasteiger partial charge in [-0.3, -0.25) is 0 Å². The summed E-state index contributed by atoms with van der Waals surface area (Å²) in [4.78, 5) is 24.9. The molecular formula is C18H17ClN2O5. The van der Waals surface area contributed by atoms with Crippen LogP contribution in [-0.4, -0.2) is 25.2 Å². The van der Waals surface area contributed by atoms with E-state index in [-0.39, 0.29) is 30.2 Å². The van der Waals surface area contributed by atoms with Gasteiger partial charge in [-0.05, 0) is 25.5 Å². The average molecular weight is 377 g/mol. The molecule has 0 fully saturated rings. The summed E-state index contributed by atoms with van der Waals surface area (Å²) in [5, 5.41) is 9.84. The van der Waals surface area contributed by atoms with Crippen molar-refractivity contribution in [3.8, 4) is 6.07 Å². The standard InChI is InChI=1S/C18H17ClN2O5/c1-3-24-17(22)14-13(10-7-5-6-8-12(10)19)11(9-20)16(21)26-15(14)18(23)25-4-2/h5-8,13H,3-4,21H2,1-2H3. The van der Waals surface area contributed by atoms with E-state index in [9.17, 15) is 14.9 Å². The van der Waals surface area contributed by atoms with Gasteiger partial charge < -0.3 is 19.9 Å². The number of halogens is 1. The molecule has 136 valence electrons. The first-order valence-electron chi connectivity index (χ1n) is 7.86. The number of nitrogens with zero attached hydrogens (tertiary/aromatic N) is 1. The van der Waals surface area contributed by atoms with E-state index in [0.29, 0.717) is 10.6 Å². The second kappa shape index (κ2) is 8.41. The molecule has 8 heteroatoms. The SMILES string of the molecule is CCOC(=O)C1=C(C(=O)OCC)C(c2ccccc2Cl)C(C#N)=C(N)O1. The largest absolute Gasteiger partial charge is 0.462 e. The zero-order valence-corrected chi connectivity index (χ0v) is 15.0. The molecule has 0 amide bonds. The molecule has 0 radical (unpaired) electrons. The van der Waals surface area contributed by atoms with E-state index < -0.39 is 23.6 Å². The van der Waals surface area contributed by atoms with Gasteiger partial charge in [-0.25, -0.2) is 9.59 Å². The third kappa shape index (κ3) is 3.65. The Bertz CT molecular complexity index is 838. The summed E-state index contributed by atoms with van der Waals surface area (Å²) in [5.41, 5.74) is 6.02. The average Bonchev–Trinajstić information content (AvgIpc) is 2.61. The number of allylic oxidation sites excluding steroid dienone is 1. The van der Waals surface area contributed by atoms with Crippen molar-refractivity contribution in [1.82, 2.24) is 0 Å². The van der Waals surface area contributed by atoms with Crippen LogP contribution in [0.15, 0.2) is 47.1 Å². The fourth-order valence-electron chi connectivity index (χ4n) is 2.55. The van der Waals surface area contributed by atoms with Crippen LogP contribution in [-0.2, 0) is 23.8 Å². The number of carbonyl (C=O) groups excluding carboxylic acids is 2. The second-order valence-electron chi connectivity index (χ2n) is 5.13. The number of nitrogens with two attached hydrogens (primary N) is 1. The number of hydrogen-bond donors (Lipinski definition) is 1. The van der Waals surface area contributed by atoms with Gasteiger partial charge in [0, 0.05) is 5.02 Å². The maximum Gasteiger partial charge on any atom is 0.374 e. The molecule has 1 unspecified atom stereocenters. The highest BCUT2D eigenvalue weighted by atomic mass is 35.5. The molecule has 1 aromatic carbocycles. The van der Waals surface area contributed by atoms with Crippen LogP contribution < -0.4 is 5.73 Å². The fraction of sp³-hybridized carbons (Fsp3) is 0.278. The van der Waals surface area contributed by atoms with Crippen LogP contribution in [0, 0.1) is 11.3 Å². The van der Waals surface area contributed by atoms with Crippen molar-refractivity contribution in [3.63, 3.8) is 0 Å². The van der Waals surface area contributed by atoms with E-state index in [4.69, 9.17) is 31.5 Å². The van der Waals surface area contributed by atoms with Gasteiger partial charge >= 0.3 is 11.9 Å². The number of nitriles is 1. The van der Waals surface area contributed by atoms with Gasteiger partial charge in [0.05, 0.1) is 19.1 Å². The van der Waals surface area contributed by atoms with Crippen molar-refractivity contribution in [1.29, 1.82) is 5.26 Å². The molecule has 2 N–H and O–H groups in total. The zero-order valence-electron chi connectivity index (χ0n) is 14.2. The quantitative estimate of drug-likeness (QED) is 0.785. The summed E-state index contributed by atoms with van der Waals surface area (Å²) in [5.74, 6) is -3.42. The first-order chi connectivity index (χ1) is 12.5. The molecule has 7 nitrogen and oxygen atoms in total. The highest BCUT2D eigenvalue weighted by Gasteiger charge is 2.41. The maximum atomic E-state index is 12.6. The van der Waals surface area contributed by atoms with Gasteiger partial charge in [-0.1, -0.05) is 29.8 Å². The van der Waals surface area contributed by atoms with Gasteiger partial charge in [0.2, 0.25) is 11.6 Å². The van der Waals surface area contributed by atoms with Crippen molar-refractivity contribution in [2.24, 2.45) is 5.73 Å². The van der Waals surface area contributed by atoms with Gasteiger partial charge in [-0.15, -0.1) is 0 Å². The van der Waals surface area contributed by atoms with Crippen LogP contribution in [0.25, 0.3) is 0 Å². The lowest BCUT2D eigenvalue weighted by molar-refractivity contribution is -0.145. The van der Waals surface area contributed by atoms with Crippen LogP contribution in [0.2, 0.25) is 5.02 Å². The van der Waals surface area contributed by atoms with Crippen LogP contribution in [0.5, 0.6) is 0 Å². The molecule has 0 bridgehead atoms. The first-order valence-corrected chi connectivity index (χ1v) is 8.24. The smallest absolute Gasteiger partial charge is 0.374 e. The van der Waals surface area contributed by atoms with E-state index in [1.54, 1.807) is 38.1 Å². The molecule has 0 saturated carbocycles. The highest BCUT2D eigenvalue weighted by Crippen LogP contribution is 2.42. The molecule has 2 rings (SSSR count). The normalized spacial score (nSPS) is 16.6. The van der Waals surface area contributed by atoms with Crippen LogP contribution in [0.3, 0.4) is 0 Å². The van der Waals surface area contributed by atoms with E-state index in [1.807, 2.05) is 6.07 Å². The number of ether oxygens (including phenoxy) is 3. The van der Waals surface area contributed by atoms with Crippen LogP contribution in [0.4, 0.5) is 0 Å². The summed E-state index contributed by atoms with van der Waals surface area (Å²) in [6.45, 7) is 3.35. The van der Waals surface area contributed by atoms with Crippen molar-refractivity contribution in [3.05, 3.63) is 57.6 Å². The number of esters is 2. The summed E-state index contributed by atoms with van der Waals surface area (Å²) in [7, 11) is 0. The number of hydrogen-bond acceptors (Lipinski definition) is 7. The molecule has 0 aliphatic carbocycles. The summed E-state index contributed by atoms with van der Waals surface area (Å²) in [6, 6.07) is 8.54. The molecule has 26 heavy (non-hydrogen) atoms. The molecule has 1 atom stereocenters. The first kappa shape index (κ1) is 19.3. The van der Waals surface area contributed by atoms with E-state index >= 15 is 0 Å². The van der Waals surface area contributed by atoms with Crippen molar-refractivity contribution >= 4 is 23.5 Å². The Kier molecular flexibility index (Phi) is 6.26. The third-order valence-corrected chi connectivity index (χ3v) is 3.94. The fourth-order valence-corrected chi connectivity index (χ4v) is 2.79. The highest BCUT2D eigenvalue weighted by molar-refractivity contribution is 6.31. The van der Waals surface area contributed by atoms with Crippen molar-refractivity contribution in [2.75, 3.05) is 13.2 Å². The van der Waals surface area contributed by atoms with Gasteiger partial charge in [0.25, 0.3) is 0 Å². The van der Waals surface area contributed by atoms with Crippen LogP contribution in [0.1, 0.15) is 25.3 Å². The third-order valence-electron chi connectivity index (χ3n) is 3.59. The minimum Gasteiger partial charge on any atom is -0.462 e. The monoisotopic (exact) mass is 376 g/mol. The predicted octanol–water partition coefficient (Wildman–Crippen LogP) is 2.53. The minimum absolute atomic E-state index is 0.0470. The van der Waals surface area contributed by atoms with E-state index in [0.717, 1.165) is 0 Å². The molecule has 0 aromatic heterocycles. The predicted molar refractivity (Wildman–Crippen MR) is 92.4 cm³/mol. The molecule has 1 aliphatic heterocycles. The van der Waals surface area contributed by atoms with Gasteiger partial charge in [0.15, 0.2) is 0 Å². The Morgan fingerprint density at radius 1 is 1.23 bits per heavy atom. The Morgan fingerprint density at radius 3 is 2.42 bits per heavy atom. The Morgan fingerprint density at radius 2 is 1.85 bits per heavy atom. The Labute approximate surface area is 155 Å². The molecule has 1 aliphatic rings. The topological polar surface area (TPSA) is 112 Å². The maximum absolute atomic E-state index is 12.6. The lowest BCUT2D eigenvalue weighted by Crippen LogP contribution is -2.29. The number of carbonyl (C=O) groups is 2. The zero-order chi connectivity index (χ0) is 19.3. The lowest BCUT2D eigenvalue weighted by atomic mass is 9.83. The molecule has 1 heterocycles. The molecule has 1 aromatic rings.